The maximum absolute atomic E-state index is 13.8. The molecule has 1 aromatic rings. The molecule has 0 aromatic heterocycles. The highest BCUT2D eigenvalue weighted by atomic mass is 19.2. The summed E-state index contributed by atoms with van der Waals surface area (Å²) in [5.74, 6) is -7.70. The van der Waals surface area contributed by atoms with E-state index in [1.807, 2.05) is 13.8 Å². The summed E-state index contributed by atoms with van der Waals surface area (Å²) in [5, 5.41) is 8.64. The van der Waals surface area contributed by atoms with Gasteiger partial charge in [0.05, 0.1) is 92.5 Å². The van der Waals surface area contributed by atoms with E-state index in [4.69, 9.17) is 61.9 Å². The van der Waals surface area contributed by atoms with Crippen molar-refractivity contribution in [2.24, 2.45) is 0 Å². The number of nitrogens with one attached hydrogen (secondary N) is 3. The number of benzene rings is 1. The molecule has 0 unspecified atom stereocenters. The van der Waals surface area contributed by atoms with Crippen molar-refractivity contribution in [3.8, 4) is 42.8 Å². The minimum Gasteiger partial charge on any atom is -0.420 e. The van der Waals surface area contributed by atoms with Gasteiger partial charge < -0.3 is 68.1 Å². The second-order valence-corrected chi connectivity index (χ2v) is 17.7. The smallest absolute Gasteiger partial charge is 0.311 e. The predicted molar refractivity (Wildman–Crippen MR) is 299 cm³/mol. The first-order valence-electron chi connectivity index (χ1n) is 28.3. The molecule has 0 saturated carbocycles. The molecule has 82 heavy (non-hydrogen) atoms. The van der Waals surface area contributed by atoms with Crippen molar-refractivity contribution >= 4 is 30.0 Å². The summed E-state index contributed by atoms with van der Waals surface area (Å²) in [5.41, 5.74) is -1.03. The number of unbranched alkanes of at least 4 members (excludes halogenated alkanes) is 8. The number of hydrogen-bond acceptors (Lipinski definition) is 15. The van der Waals surface area contributed by atoms with E-state index >= 15 is 0 Å². The van der Waals surface area contributed by atoms with Crippen molar-refractivity contribution in [1.82, 2.24) is 16.0 Å². The molecule has 0 heterocycles. The zero-order valence-electron chi connectivity index (χ0n) is 48.7. The van der Waals surface area contributed by atoms with Crippen LogP contribution in [0.4, 0.5) is 22.0 Å². The van der Waals surface area contributed by atoms with Gasteiger partial charge in [-0.05, 0) is 38.5 Å². The lowest BCUT2D eigenvalue weighted by atomic mass is 9.83. The predicted octanol–water partition coefficient (Wildman–Crippen LogP) is 7.68. The maximum atomic E-state index is 13.8. The molecule has 0 aliphatic rings. The summed E-state index contributed by atoms with van der Waals surface area (Å²) in [7, 11) is 0. The number of aldehydes is 1. The summed E-state index contributed by atoms with van der Waals surface area (Å²) in [6.45, 7) is 13.9. The van der Waals surface area contributed by atoms with Crippen LogP contribution in [0.25, 0.3) is 0 Å². The normalized spacial score (nSPS) is 10.7. The number of amides is 3. The van der Waals surface area contributed by atoms with Gasteiger partial charge in [-0.15, -0.1) is 19.3 Å². The Hall–Kier alpha value is -5.26. The van der Waals surface area contributed by atoms with Crippen molar-refractivity contribution in [2.75, 3.05) is 132 Å². The number of carbonyl (C=O) groups excluding carboxylic acids is 5. The van der Waals surface area contributed by atoms with E-state index in [9.17, 15) is 45.9 Å². The van der Waals surface area contributed by atoms with Gasteiger partial charge in [0, 0.05) is 57.3 Å². The molecular formula is C59H92F5N3O15. The molecule has 0 atom stereocenters. The van der Waals surface area contributed by atoms with Crippen molar-refractivity contribution in [2.45, 2.75) is 142 Å². The maximum Gasteiger partial charge on any atom is 0.311 e. The third-order valence-electron chi connectivity index (χ3n) is 11.3. The first kappa shape index (κ1) is 78.8. The molecule has 0 fully saturated rings. The molecule has 0 spiro atoms. The van der Waals surface area contributed by atoms with Gasteiger partial charge in [0.25, 0.3) is 0 Å². The molecule has 18 nitrogen and oxygen atoms in total. The standard InChI is InChI=1S/C46H66F5N3O12.C11H20O3.C2H6/c1-3-24-60-28-32-64-34-30-62-26-21-52-36(56)16-19-46(18-13-23-55,20-17-37(57)53-22-27-63-31-35-65-33-29-61-25-4-2)54-38(58)14-11-9-7-5-6-8-10-12-15-39(59)66-45-43(50)41(48)40(47)42(49)44(45)51;1-3-5-7-13-9-11-14-10-8-12-6-4-2;1-2/h1-2,23H,5-22,24-35H2,(H,52,56)(H,53,57)(H,54,58);2H,3,5-11H2,1H3;1-2H3. The number of halogens is 5. The van der Waals surface area contributed by atoms with E-state index in [1.165, 1.54) is 6.42 Å². The summed E-state index contributed by atoms with van der Waals surface area (Å²) in [4.78, 5) is 62.6. The largest absolute Gasteiger partial charge is 0.420 e. The van der Waals surface area contributed by atoms with E-state index in [-0.39, 0.29) is 115 Å². The van der Waals surface area contributed by atoms with Crippen molar-refractivity contribution in [1.29, 1.82) is 0 Å². The third kappa shape index (κ3) is 45.3. The summed E-state index contributed by atoms with van der Waals surface area (Å²) < 4.78 is 119. The Kier molecular flexibility index (Phi) is 55.3. The van der Waals surface area contributed by atoms with Gasteiger partial charge in [-0.25, -0.2) is 13.2 Å². The van der Waals surface area contributed by atoms with E-state index in [2.05, 4.69) is 45.4 Å². The van der Waals surface area contributed by atoms with E-state index < -0.39 is 46.3 Å². The van der Waals surface area contributed by atoms with E-state index in [0.717, 1.165) is 45.0 Å². The number of hydrogen-bond donors (Lipinski definition) is 3. The van der Waals surface area contributed by atoms with Gasteiger partial charge in [0.2, 0.25) is 52.6 Å². The lowest BCUT2D eigenvalue weighted by molar-refractivity contribution is -0.135. The van der Waals surface area contributed by atoms with Crippen LogP contribution in [-0.4, -0.2) is 168 Å². The van der Waals surface area contributed by atoms with Crippen LogP contribution in [0.1, 0.15) is 136 Å². The number of carbonyl (C=O) groups is 5. The minimum atomic E-state index is -2.35. The molecule has 3 N–H and O–H groups in total. The Morgan fingerprint density at radius 1 is 0.451 bits per heavy atom. The van der Waals surface area contributed by atoms with Crippen LogP contribution in [0.2, 0.25) is 0 Å². The number of ether oxygens (including phenoxy) is 10. The SMILES string of the molecule is C#CCOCCOCCOCCCC.C#CCOCCOCCOCCNC(=O)CCC(CCC=O)(CCC(=O)NCCOCCOCCOCC#C)NC(=O)CCCCCCCCCCC(=O)Oc1c(F)c(F)c(F)c(F)c1F.CC. The number of esters is 1. The van der Waals surface area contributed by atoms with Gasteiger partial charge in [0.1, 0.15) is 26.1 Å². The topological polar surface area (TPSA) is 214 Å². The molecule has 0 bridgehead atoms. The quantitative estimate of drug-likeness (QED) is 0.00834. The minimum absolute atomic E-state index is 0.0139. The molecule has 0 aliphatic carbocycles. The summed E-state index contributed by atoms with van der Waals surface area (Å²) >= 11 is 0. The molecule has 1 aromatic carbocycles. The number of terminal acetylenes is 3. The van der Waals surface area contributed by atoms with Gasteiger partial charge >= 0.3 is 5.97 Å². The summed E-state index contributed by atoms with van der Waals surface area (Å²) in [6, 6.07) is 0. The molecule has 23 heteroatoms. The highest BCUT2D eigenvalue weighted by Gasteiger charge is 2.33. The molecule has 0 saturated heterocycles. The van der Waals surface area contributed by atoms with Crippen LogP contribution >= 0.6 is 0 Å². The Bertz CT molecular complexity index is 1870. The number of rotatable bonds is 52. The molecule has 468 valence electrons. The third-order valence-corrected chi connectivity index (χ3v) is 11.3. The fraction of sp³-hybridized carbons (Fsp3) is 0.712. The highest BCUT2D eigenvalue weighted by Crippen LogP contribution is 2.30. The van der Waals surface area contributed by atoms with Crippen LogP contribution < -0.4 is 20.7 Å². The van der Waals surface area contributed by atoms with Gasteiger partial charge in [-0.2, -0.15) is 8.78 Å². The molecular weight excluding hydrogens is 1090 g/mol. The van der Waals surface area contributed by atoms with Crippen LogP contribution in [0.3, 0.4) is 0 Å². The Morgan fingerprint density at radius 3 is 1.20 bits per heavy atom. The van der Waals surface area contributed by atoms with Gasteiger partial charge in [-0.1, -0.05) is 83.5 Å². The fourth-order valence-corrected chi connectivity index (χ4v) is 7.08. The van der Waals surface area contributed by atoms with Gasteiger partial charge in [-0.3, -0.25) is 19.2 Å². The monoisotopic (exact) mass is 1180 g/mol. The Labute approximate surface area is 483 Å². The van der Waals surface area contributed by atoms with Gasteiger partial charge in [0.15, 0.2) is 0 Å². The molecule has 0 radical (unpaired) electrons. The molecule has 3 amide bonds. The zero-order valence-corrected chi connectivity index (χ0v) is 48.7. The average molecular weight is 1180 g/mol. The van der Waals surface area contributed by atoms with E-state index in [1.54, 1.807) is 0 Å². The van der Waals surface area contributed by atoms with Crippen molar-refractivity contribution in [3.05, 3.63) is 29.1 Å². The zero-order chi connectivity index (χ0) is 61.2. The highest BCUT2D eigenvalue weighted by molar-refractivity contribution is 5.79. The fourth-order valence-electron chi connectivity index (χ4n) is 7.08. The van der Waals surface area contributed by atoms with Crippen LogP contribution in [-0.2, 0) is 66.6 Å². The molecule has 1 rings (SSSR count). The average Bonchev–Trinajstić information content (AvgIpc) is 3.58. The second-order valence-electron chi connectivity index (χ2n) is 17.7. The Balaban J connectivity index is 0. The first-order chi connectivity index (χ1) is 39.8. The van der Waals surface area contributed by atoms with Crippen molar-refractivity contribution < 1.29 is 93.3 Å². The van der Waals surface area contributed by atoms with Crippen LogP contribution in [0.5, 0.6) is 5.75 Å². The Morgan fingerprint density at radius 2 is 0.805 bits per heavy atom. The molecule has 0 aliphatic heterocycles. The van der Waals surface area contributed by atoms with Crippen LogP contribution in [0, 0.1) is 66.1 Å². The first-order valence-corrected chi connectivity index (χ1v) is 28.3. The van der Waals surface area contributed by atoms with Crippen LogP contribution in [0.15, 0.2) is 0 Å². The lowest BCUT2D eigenvalue weighted by Gasteiger charge is -2.35. The second kappa shape index (κ2) is 57.6. The van der Waals surface area contributed by atoms with Crippen molar-refractivity contribution in [3.63, 3.8) is 0 Å². The van der Waals surface area contributed by atoms with E-state index in [0.29, 0.717) is 105 Å². The lowest BCUT2D eigenvalue weighted by Crippen LogP contribution is -2.50. The summed E-state index contributed by atoms with van der Waals surface area (Å²) in [6.07, 6.45) is 24.0.